The summed E-state index contributed by atoms with van der Waals surface area (Å²) >= 11 is 6.14. The quantitative estimate of drug-likeness (QED) is 0.516. The number of benzene rings is 1. The topological polar surface area (TPSA) is 88.6 Å². The zero-order chi connectivity index (χ0) is 22.0. The number of ether oxygens (including phenoxy) is 2. The van der Waals surface area contributed by atoms with Crippen molar-refractivity contribution in [3.8, 4) is 0 Å². The number of nitrogens with zero attached hydrogens (tertiary/aromatic N) is 1. The zero-order valence-corrected chi connectivity index (χ0v) is 19.1. The van der Waals surface area contributed by atoms with Gasteiger partial charge in [0.2, 0.25) is 0 Å². The number of hydrogen-bond acceptors (Lipinski definition) is 5. The molecular weight excluding hydrogens is 390 g/mol. The first-order valence-electron chi connectivity index (χ1n) is 10.1. The van der Waals surface area contributed by atoms with Crippen LogP contribution in [0.3, 0.4) is 0 Å². The highest BCUT2D eigenvalue weighted by atomic mass is 35.5. The molecule has 6 nitrogen and oxygen atoms in total. The van der Waals surface area contributed by atoms with Crippen LogP contribution in [0, 0.1) is 17.2 Å². The second-order valence-electron chi connectivity index (χ2n) is 8.97. The predicted octanol–water partition coefficient (Wildman–Crippen LogP) is 4.98. The van der Waals surface area contributed by atoms with Crippen molar-refractivity contribution in [2.24, 2.45) is 11.8 Å². The Balaban J connectivity index is 2.48. The van der Waals surface area contributed by atoms with Crippen LogP contribution in [-0.2, 0) is 15.1 Å². The number of nitrogens with two attached hydrogens (primary N) is 1. The van der Waals surface area contributed by atoms with Crippen LogP contribution in [-0.4, -0.2) is 42.5 Å². The third-order valence-electron chi connectivity index (χ3n) is 5.80. The fourth-order valence-corrected chi connectivity index (χ4v) is 4.79. The van der Waals surface area contributed by atoms with Gasteiger partial charge in [0, 0.05) is 37.9 Å². The Bertz CT molecular complexity index is 762. The van der Waals surface area contributed by atoms with Crippen LogP contribution in [0.4, 0.5) is 10.5 Å². The first kappa shape index (κ1) is 23.5. The minimum Gasteiger partial charge on any atom is -0.444 e. The predicted molar refractivity (Wildman–Crippen MR) is 118 cm³/mol. The number of carbonyl (C=O) groups is 1. The maximum atomic E-state index is 12.6. The van der Waals surface area contributed by atoms with Gasteiger partial charge < -0.3 is 20.1 Å². The Morgan fingerprint density at radius 3 is 2.59 bits per heavy atom. The molecule has 3 unspecified atom stereocenters. The monoisotopic (exact) mass is 423 g/mol. The molecule has 7 heteroatoms. The summed E-state index contributed by atoms with van der Waals surface area (Å²) in [4.78, 5) is 14.2. The van der Waals surface area contributed by atoms with E-state index in [2.05, 4.69) is 6.92 Å². The van der Waals surface area contributed by atoms with Gasteiger partial charge in [-0.05, 0) is 51.2 Å². The zero-order valence-electron chi connectivity index (χ0n) is 18.3. The van der Waals surface area contributed by atoms with Gasteiger partial charge in [-0.3, -0.25) is 5.41 Å². The van der Waals surface area contributed by atoms with Gasteiger partial charge in [-0.15, -0.1) is 0 Å². The molecular formula is C22H34ClN3O3. The minimum absolute atomic E-state index is 0.00494. The third kappa shape index (κ3) is 4.86. The molecule has 0 heterocycles. The Morgan fingerprint density at radius 2 is 2.03 bits per heavy atom. The number of nitrogens with one attached hydrogen (secondary N) is 1. The standard InChI is InChI=1S/C22H34ClN3O3/c1-14-9-7-10-15(13-26(5)20(27)29-21(2,3)4)22(14,28-6)16-11-8-12-17(24)18(16)19(23)25/h8,11-12,14-15,25H,7,9-10,13,24H2,1-6H3. The van der Waals surface area contributed by atoms with Crippen molar-refractivity contribution >= 4 is 28.6 Å². The number of anilines is 1. The van der Waals surface area contributed by atoms with Crippen molar-refractivity contribution in [2.75, 3.05) is 26.4 Å². The van der Waals surface area contributed by atoms with Crippen molar-refractivity contribution in [3.63, 3.8) is 0 Å². The van der Waals surface area contributed by atoms with Crippen LogP contribution in [0.15, 0.2) is 18.2 Å². The number of nitrogen functional groups attached to an aromatic ring is 1. The van der Waals surface area contributed by atoms with Gasteiger partial charge in [0.15, 0.2) is 0 Å². The molecule has 0 aliphatic heterocycles. The number of rotatable bonds is 5. The molecule has 0 radical (unpaired) electrons. The van der Waals surface area contributed by atoms with Gasteiger partial charge in [0.25, 0.3) is 0 Å². The molecule has 0 bridgehead atoms. The Hall–Kier alpha value is -1.79. The average Bonchev–Trinajstić information content (AvgIpc) is 2.60. The van der Waals surface area contributed by atoms with Crippen molar-refractivity contribution in [1.82, 2.24) is 4.90 Å². The van der Waals surface area contributed by atoms with E-state index in [4.69, 9.17) is 32.2 Å². The molecule has 1 amide bonds. The molecule has 3 atom stereocenters. The number of amides is 1. The van der Waals surface area contributed by atoms with Crippen LogP contribution < -0.4 is 5.73 Å². The van der Waals surface area contributed by atoms with Crippen molar-refractivity contribution in [2.45, 2.75) is 58.2 Å². The van der Waals surface area contributed by atoms with E-state index in [0.717, 1.165) is 24.8 Å². The van der Waals surface area contributed by atoms with E-state index >= 15 is 0 Å². The molecule has 1 aliphatic rings. The molecule has 1 aromatic rings. The van der Waals surface area contributed by atoms with Crippen molar-refractivity contribution in [1.29, 1.82) is 5.41 Å². The van der Waals surface area contributed by atoms with E-state index in [1.54, 1.807) is 25.1 Å². The van der Waals surface area contributed by atoms with Crippen LogP contribution in [0.2, 0.25) is 0 Å². The van der Waals surface area contributed by atoms with Gasteiger partial charge in [-0.25, -0.2) is 4.79 Å². The summed E-state index contributed by atoms with van der Waals surface area (Å²) in [5.74, 6) is 0.167. The largest absolute Gasteiger partial charge is 0.444 e. The summed E-state index contributed by atoms with van der Waals surface area (Å²) in [7, 11) is 3.44. The molecule has 3 N–H and O–H groups in total. The highest BCUT2D eigenvalue weighted by molar-refractivity contribution is 6.69. The lowest BCUT2D eigenvalue weighted by Crippen LogP contribution is -2.51. The lowest BCUT2D eigenvalue weighted by molar-refractivity contribution is -0.131. The van der Waals surface area contributed by atoms with Crippen LogP contribution in [0.5, 0.6) is 0 Å². The van der Waals surface area contributed by atoms with Crippen molar-refractivity contribution in [3.05, 3.63) is 29.3 Å². The van der Waals surface area contributed by atoms with E-state index in [0.29, 0.717) is 17.8 Å². The highest BCUT2D eigenvalue weighted by Gasteiger charge is 2.49. The first-order valence-corrected chi connectivity index (χ1v) is 10.4. The van der Waals surface area contributed by atoms with Gasteiger partial charge in [0.1, 0.15) is 16.4 Å². The first-order chi connectivity index (χ1) is 13.4. The van der Waals surface area contributed by atoms with E-state index in [9.17, 15) is 4.79 Å². The molecule has 2 rings (SSSR count). The van der Waals surface area contributed by atoms with E-state index in [1.807, 2.05) is 32.9 Å². The smallest absolute Gasteiger partial charge is 0.410 e. The molecule has 0 spiro atoms. The SMILES string of the molecule is COC1(c2cccc(N)c2C(=N)Cl)C(C)CCCC1CN(C)C(=O)OC(C)(C)C. The fourth-order valence-electron chi connectivity index (χ4n) is 4.58. The fraction of sp³-hybridized carbons (Fsp3) is 0.636. The second kappa shape index (κ2) is 8.92. The molecule has 29 heavy (non-hydrogen) atoms. The van der Waals surface area contributed by atoms with Gasteiger partial charge in [-0.2, -0.15) is 0 Å². The summed E-state index contributed by atoms with van der Waals surface area (Å²) in [6.45, 7) is 8.18. The lowest BCUT2D eigenvalue weighted by Gasteiger charge is -2.49. The number of halogens is 1. The molecule has 1 saturated carbocycles. The third-order valence-corrected chi connectivity index (χ3v) is 5.99. The van der Waals surface area contributed by atoms with E-state index in [1.165, 1.54) is 0 Å². The van der Waals surface area contributed by atoms with E-state index in [-0.39, 0.29) is 23.1 Å². The number of carbonyl (C=O) groups excluding carboxylic acids is 1. The molecule has 1 aliphatic carbocycles. The number of hydrogen-bond donors (Lipinski definition) is 2. The average molecular weight is 424 g/mol. The Labute approximate surface area is 179 Å². The Morgan fingerprint density at radius 1 is 1.38 bits per heavy atom. The number of methoxy groups -OCH3 is 1. The van der Waals surface area contributed by atoms with Crippen LogP contribution >= 0.6 is 11.6 Å². The minimum atomic E-state index is -0.708. The summed E-state index contributed by atoms with van der Waals surface area (Å²) in [5.41, 5.74) is 6.70. The summed E-state index contributed by atoms with van der Waals surface area (Å²) in [6, 6.07) is 5.55. The summed E-state index contributed by atoms with van der Waals surface area (Å²) in [5, 5.41) is 7.98. The lowest BCUT2D eigenvalue weighted by atomic mass is 9.64. The second-order valence-corrected chi connectivity index (χ2v) is 9.35. The molecule has 0 saturated heterocycles. The maximum Gasteiger partial charge on any atom is 0.410 e. The highest BCUT2D eigenvalue weighted by Crippen LogP contribution is 2.50. The molecule has 1 fully saturated rings. The molecule has 162 valence electrons. The van der Waals surface area contributed by atoms with Crippen molar-refractivity contribution < 1.29 is 14.3 Å². The molecule has 0 aromatic heterocycles. The van der Waals surface area contributed by atoms with Crippen LogP contribution in [0.25, 0.3) is 0 Å². The normalized spacial score (nSPS) is 24.8. The maximum absolute atomic E-state index is 12.6. The van der Waals surface area contributed by atoms with Gasteiger partial charge >= 0.3 is 6.09 Å². The molecule has 1 aromatic carbocycles. The van der Waals surface area contributed by atoms with E-state index < -0.39 is 11.2 Å². The Kier molecular flexibility index (Phi) is 7.23. The van der Waals surface area contributed by atoms with Gasteiger partial charge in [-0.1, -0.05) is 37.1 Å². The van der Waals surface area contributed by atoms with Crippen LogP contribution in [0.1, 0.15) is 58.1 Å². The summed E-state index contributed by atoms with van der Waals surface area (Å²) < 4.78 is 11.8. The van der Waals surface area contributed by atoms with Gasteiger partial charge in [0.05, 0.1) is 0 Å². The summed E-state index contributed by atoms with van der Waals surface area (Å²) in [6.07, 6.45) is 2.54.